The number of rotatable bonds is 8. The van der Waals surface area contributed by atoms with Gasteiger partial charge < -0.3 is 26.5 Å². The van der Waals surface area contributed by atoms with E-state index in [1.807, 2.05) is 0 Å². The van der Waals surface area contributed by atoms with Gasteiger partial charge in [0, 0.05) is 44.4 Å². The zero-order valence-electron chi connectivity index (χ0n) is 13.2. The largest absolute Gasteiger partial charge is 0.503 e. The summed E-state index contributed by atoms with van der Waals surface area (Å²) in [7, 11) is 0. The summed E-state index contributed by atoms with van der Waals surface area (Å²) in [5.41, 5.74) is 11.2. The van der Waals surface area contributed by atoms with Crippen LogP contribution >= 0.6 is 24.8 Å². The molecule has 6 N–H and O–H groups in total. The fraction of sp³-hybridized carbons (Fsp3) is 0.571. The molecule has 134 valence electrons. The van der Waals surface area contributed by atoms with Crippen LogP contribution in [0.2, 0.25) is 0 Å². The van der Waals surface area contributed by atoms with Gasteiger partial charge in [0.1, 0.15) is 0 Å². The van der Waals surface area contributed by atoms with Gasteiger partial charge in [-0.25, -0.2) is 0 Å². The Morgan fingerprint density at radius 2 is 2.09 bits per heavy atom. The van der Waals surface area contributed by atoms with E-state index < -0.39 is 0 Å². The highest BCUT2D eigenvalue weighted by molar-refractivity contribution is 5.85. The number of halogens is 2. The normalized spacial score (nSPS) is 11.1. The zero-order chi connectivity index (χ0) is 15.8. The van der Waals surface area contributed by atoms with E-state index in [0.29, 0.717) is 44.6 Å². The molecule has 23 heavy (non-hydrogen) atoms. The standard InChI is InChI=1S/C14H24N4O3.2ClH/c1-10-14(21)12(19)5-8-18(10)7-2-6-17-13(20)4-3-11(16)9-15;;/h5,8,11,21H,2-4,6-7,9,15-16H2,1H3,(H,17,20);2*1H. The summed E-state index contributed by atoms with van der Waals surface area (Å²) < 4.78 is 1.78. The van der Waals surface area contributed by atoms with Crippen LogP contribution in [-0.2, 0) is 11.3 Å². The SMILES string of the molecule is Cc1c(O)c(=O)ccn1CCCNC(=O)CCC(N)CN.Cl.Cl. The molecule has 1 rings (SSSR count). The van der Waals surface area contributed by atoms with Gasteiger partial charge >= 0.3 is 0 Å². The molecule has 7 nitrogen and oxygen atoms in total. The first-order chi connectivity index (χ1) is 9.95. The van der Waals surface area contributed by atoms with Crippen LogP contribution in [0.3, 0.4) is 0 Å². The van der Waals surface area contributed by atoms with E-state index in [-0.39, 0.29) is 47.9 Å². The number of aryl methyl sites for hydroxylation is 1. The van der Waals surface area contributed by atoms with E-state index in [1.54, 1.807) is 17.7 Å². The molecule has 0 bridgehead atoms. The number of aromatic nitrogens is 1. The third-order valence-corrected chi connectivity index (χ3v) is 3.36. The quantitative estimate of drug-likeness (QED) is 0.490. The van der Waals surface area contributed by atoms with Crippen LogP contribution in [0.5, 0.6) is 5.75 Å². The van der Waals surface area contributed by atoms with Gasteiger partial charge in [0.25, 0.3) is 0 Å². The number of amides is 1. The van der Waals surface area contributed by atoms with Gasteiger partial charge in [-0.1, -0.05) is 0 Å². The first-order valence-electron chi connectivity index (χ1n) is 7.07. The highest BCUT2D eigenvalue weighted by Gasteiger charge is 2.06. The predicted octanol–water partition coefficient (Wildman–Crippen LogP) is 0.278. The molecule has 0 saturated heterocycles. The van der Waals surface area contributed by atoms with Crippen molar-refractivity contribution in [1.82, 2.24) is 9.88 Å². The summed E-state index contributed by atoms with van der Waals surface area (Å²) in [6.07, 6.45) is 3.29. The van der Waals surface area contributed by atoms with E-state index in [2.05, 4.69) is 5.32 Å². The fourth-order valence-electron chi connectivity index (χ4n) is 1.90. The van der Waals surface area contributed by atoms with Crippen molar-refractivity contribution in [2.45, 2.75) is 38.8 Å². The first-order valence-corrected chi connectivity index (χ1v) is 7.07. The molecular weight excluding hydrogens is 343 g/mol. The van der Waals surface area contributed by atoms with E-state index in [0.717, 1.165) is 0 Å². The molecule has 0 fully saturated rings. The minimum absolute atomic E-state index is 0. The second-order valence-electron chi connectivity index (χ2n) is 5.05. The number of hydrogen-bond donors (Lipinski definition) is 4. The van der Waals surface area contributed by atoms with E-state index in [4.69, 9.17) is 11.5 Å². The molecule has 0 aliphatic rings. The van der Waals surface area contributed by atoms with Gasteiger partial charge in [-0.3, -0.25) is 9.59 Å². The van der Waals surface area contributed by atoms with Crippen molar-refractivity contribution >= 4 is 30.7 Å². The van der Waals surface area contributed by atoms with Crippen LogP contribution in [0.15, 0.2) is 17.1 Å². The maximum Gasteiger partial charge on any atom is 0.223 e. The number of carbonyl (C=O) groups is 1. The average Bonchev–Trinajstić information content (AvgIpc) is 2.48. The minimum Gasteiger partial charge on any atom is -0.503 e. The molecule has 1 heterocycles. The molecule has 1 aromatic rings. The summed E-state index contributed by atoms with van der Waals surface area (Å²) >= 11 is 0. The summed E-state index contributed by atoms with van der Waals surface area (Å²) in [4.78, 5) is 22.8. The molecule has 0 spiro atoms. The Kier molecular flexibility index (Phi) is 12.7. The minimum atomic E-state index is -0.381. The van der Waals surface area contributed by atoms with E-state index >= 15 is 0 Å². The summed E-state index contributed by atoms with van der Waals surface area (Å²) in [6.45, 7) is 3.21. The van der Waals surface area contributed by atoms with Crippen molar-refractivity contribution in [1.29, 1.82) is 0 Å². The number of hydrogen-bond acceptors (Lipinski definition) is 5. The Morgan fingerprint density at radius 1 is 1.43 bits per heavy atom. The van der Waals surface area contributed by atoms with E-state index in [9.17, 15) is 14.7 Å². The predicted molar refractivity (Wildman–Crippen MR) is 95.5 cm³/mol. The highest BCUT2D eigenvalue weighted by Crippen LogP contribution is 2.09. The van der Waals surface area contributed by atoms with Crippen molar-refractivity contribution in [2.24, 2.45) is 11.5 Å². The van der Waals surface area contributed by atoms with Gasteiger partial charge in [0.05, 0.1) is 5.69 Å². The Bertz CT molecular complexity index is 537. The van der Waals surface area contributed by atoms with Crippen molar-refractivity contribution in [2.75, 3.05) is 13.1 Å². The molecular formula is C14H26Cl2N4O3. The molecule has 0 aliphatic heterocycles. The van der Waals surface area contributed by atoms with Gasteiger partial charge in [-0.2, -0.15) is 0 Å². The van der Waals surface area contributed by atoms with Crippen LogP contribution in [0, 0.1) is 6.92 Å². The Hall–Kier alpha value is -1.28. The third-order valence-electron chi connectivity index (χ3n) is 3.36. The van der Waals surface area contributed by atoms with Gasteiger partial charge in [0.2, 0.25) is 11.3 Å². The molecule has 0 aromatic carbocycles. The molecule has 1 amide bonds. The van der Waals surface area contributed by atoms with Gasteiger partial charge in [-0.15, -0.1) is 24.8 Å². The average molecular weight is 369 g/mol. The second kappa shape index (κ2) is 12.2. The molecule has 0 aliphatic carbocycles. The summed E-state index contributed by atoms with van der Waals surface area (Å²) in [5, 5.41) is 12.4. The monoisotopic (exact) mass is 368 g/mol. The lowest BCUT2D eigenvalue weighted by atomic mass is 10.1. The molecule has 9 heteroatoms. The molecule has 0 saturated carbocycles. The van der Waals surface area contributed by atoms with Gasteiger partial charge in [-0.05, 0) is 19.8 Å². The Balaban J connectivity index is 0. The maximum absolute atomic E-state index is 11.5. The second-order valence-corrected chi connectivity index (χ2v) is 5.05. The van der Waals surface area contributed by atoms with Crippen molar-refractivity contribution in [3.63, 3.8) is 0 Å². The lowest BCUT2D eigenvalue weighted by Crippen LogP contribution is -2.32. The summed E-state index contributed by atoms with van der Waals surface area (Å²) in [5.74, 6) is -0.268. The van der Waals surface area contributed by atoms with Crippen LogP contribution in [0.1, 0.15) is 25.0 Å². The smallest absolute Gasteiger partial charge is 0.223 e. The number of nitrogens with two attached hydrogens (primary N) is 2. The van der Waals surface area contributed by atoms with Crippen molar-refractivity contribution < 1.29 is 9.90 Å². The zero-order valence-corrected chi connectivity index (χ0v) is 14.8. The number of pyridine rings is 1. The Morgan fingerprint density at radius 3 is 2.70 bits per heavy atom. The van der Waals surface area contributed by atoms with Crippen LogP contribution in [0.25, 0.3) is 0 Å². The number of carbonyl (C=O) groups excluding carboxylic acids is 1. The molecule has 1 aromatic heterocycles. The van der Waals surface area contributed by atoms with Crippen molar-refractivity contribution in [3.05, 3.63) is 28.2 Å². The first kappa shape index (κ1) is 24.0. The topological polar surface area (TPSA) is 123 Å². The van der Waals surface area contributed by atoms with Crippen LogP contribution < -0.4 is 22.2 Å². The molecule has 1 unspecified atom stereocenters. The summed E-state index contributed by atoms with van der Waals surface area (Å²) in [6, 6.07) is 1.19. The fourth-order valence-corrected chi connectivity index (χ4v) is 1.90. The van der Waals surface area contributed by atoms with Gasteiger partial charge in [0.15, 0.2) is 5.75 Å². The molecule has 0 radical (unpaired) electrons. The number of aromatic hydroxyl groups is 1. The highest BCUT2D eigenvalue weighted by atomic mass is 35.5. The van der Waals surface area contributed by atoms with Crippen LogP contribution in [-0.4, -0.2) is 34.7 Å². The Labute approximate surface area is 148 Å². The lowest BCUT2D eigenvalue weighted by molar-refractivity contribution is -0.121. The van der Waals surface area contributed by atoms with Crippen molar-refractivity contribution in [3.8, 4) is 5.75 Å². The number of nitrogens with one attached hydrogen (secondary N) is 1. The van der Waals surface area contributed by atoms with E-state index in [1.165, 1.54) is 6.07 Å². The maximum atomic E-state index is 11.5. The lowest BCUT2D eigenvalue weighted by Gasteiger charge is -2.12. The number of nitrogens with zero attached hydrogens (tertiary/aromatic N) is 1. The van der Waals surface area contributed by atoms with Crippen LogP contribution in [0.4, 0.5) is 0 Å². The molecule has 1 atom stereocenters. The third kappa shape index (κ3) is 8.22.